The molecule has 35 heavy (non-hydrogen) atoms. The van der Waals surface area contributed by atoms with Crippen molar-refractivity contribution >= 4 is 63.3 Å². The number of thioether (sulfide) groups is 1. The first kappa shape index (κ1) is 25.9. The minimum atomic E-state index is -0.660. The number of amidine groups is 1. The second kappa shape index (κ2) is 12.2. The molecule has 0 radical (unpaired) electrons. The first-order chi connectivity index (χ1) is 16.9. The highest BCUT2D eigenvalue weighted by atomic mass is 35.5. The maximum atomic E-state index is 13.9. The Labute approximate surface area is 217 Å². The fourth-order valence-corrected chi connectivity index (χ4v) is 5.28. The van der Waals surface area contributed by atoms with E-state index in [4.69, 9.17) is 27.9 Å². The topological polar surface area (TPSA) is 74.2 Å². The van der Waals surface area contributed by atoms with E-state index in [1.165, 1.54) is 23.9 Å². The second-order valence-corrected chi connectivity index (χ2v) is 10.1. The lowest BCUT2D eigenvalue weighted by molar-refractivity contribution is -0.128. The molecule has 2 saturated heterocycles. The van der Waals surface area contributed by atoms with Crippen molar-refractivity contribution < 1.29 is 18.7 Å². The number of hydrogen-bond donors (Lipinski definition) is 1. The molecular formula is C24H25Cl2FN4O3S. The monoisotopic (exact) mass is 538 g/mol. The lowest BCUT2D eigenvalue weighted by atomic mass is 10.2. The molecule has 0 bridgehead atoms. The van der Waals surface area contributed by atoms with Crippen LogP contribution in [-0.4, -0.2) is 71.4 Å². The van der Waals surface area contributed by atoms with Gasteiger partial charge in [-0.2, -0.15) is 0 Å². The SMILES string of the molecule is O=C(C[C@@H]1SC(=Nc2ccc(Cl)c(Cl)c2)N(CCCN2CCOCC2)C1=O)Nc1ccccc1F. The molecule has 1 N–H and O–H groups in total. The van der Waals surface area contributed by atoms with Crippen LogP contribution in [0.25, 0.3) is 0 Å². The highest BCUT2D eigenvalue weighted by Crippen LogP contribution is 2.34. The van der Waals surface area contributed by atoms with Gasteiger partial charge in [0.25, 0.3) is 0 Å². The molecule has 0 saturated carbocycles. The van der Waals surface area contributed by atoms with Gasteiger partial charge in [-0.05, 0) is 36.8 Å². The van der Waals surface area contributed by atoms with Gasteiger partial charge in [-0.1, -0.05) is 47.1 Å². The Balaban J connectivity index is 1.46. The number of amides is 2. The molecule has 0 spiro atoms. The molecule has 0 unspecified atom stereocenters. The van der Waals surface area contributed by atoms with Crippen LogP contribution in [0, 0.1) is 5.82 Å². The van der Waals surface area contributed by atoms with Crippen molar-refractivity contribution in [3.8, 4) is 0 Å². The van der Waals surface area contributed by atoms with Gasteiger partial charge in [-0.25, -0.2) is 9.38 Å². The minimum absolute atomic E-state index is 0.0833. The number of carbonyl (C=O) groups excluding carboxylic acids is 2. The number of benzene rings is 2. The minimum Gasteiger partial charge on any atom is -0.379 e. The molecule has 2 aliphatic rings. The number of nitrogens with one attached hydrogen (secondary N) is 1. The van der Waals surface area contributed by atoms with Gasteiger partial charge in [-0.3, -0.25) is 19.4 Å². The number of para-hydroxylation sites is 1. The summed E-state index contributed by atoms with van der Waals surface area (Å²) in [4.78, 5) is 34.4. The van der Waals surface area contributed by atoms with Crippen LogP contribution in [0.3, 0.4) is 0 Å². The molecule has 11 heteroatoms. The van der Waals surface area contributed by atoms with E-state index >= 15 is 0 Å². The van der Waals surface area contributed by atoms with E-state index in [2.05, 4.69) is 15.2 Å². The fourth-order valence-electron chi connectivity index (χ4n) is 3.81. The van der Waals surface area contributed by atoms with Crippen LogP contribution in [0.5, 0.6) is 0 Å². The van der Waals surface area contributed by atoms with Crippen molar-refractivity contribution in [1.29, 1.82) is 0 Å². The normalized spacial score (nSPS) is 20.0. The van der Waals surface area contributed by atoms with Crippen LogP contribution >= 0.6 is 35.0 Å². The molecule has 186 valence electrons. The van der Waals surface area contributed by atoms with E-state index < -0.39 is 17.0 Å². The zero-order valence-electron chi connectivity index (χ0n) is 18.9. The Morgan fingerprint density at radius 2 is 1.91 bits per heavy atom. The van der Waals surface area contributed by atoms with E-state index in [0.29, 0.717) is 40.7 Å². The smallest absolute Gasteiger partial charge is 0.242 e. The molecular weight excluding hydrogens is 514 g/mol. The summed E-state index contributed by atoms with van der Waals surface area (Å²) in [6, 6.07) is 10.9. The average Bonchev–Trinajstić information content (AvgIpc) is 3.12. The molecule has 2 fully saturated rings. The van der Waals surface area contributed by atoms with Crippen molar-refractivity contribution in [2.24, 2.45) is 4.99 Å². The number of rotatable bonds is 8. The predicted molar refractivity (Wildman–Crippen MR) is 138 cm³/mol. The van der Waals surface area contributed by atoms with Crippen LogP contribution in [-0.2, 0) is 14.3 Å². The number of halogens is 3. The van der Waals surface area contributed by atoms with Gasteiger partial charge in [0.1, 0.15) is 11.1 Å². The zero-order valence-corrected chi connectivity index (χ0v) is 21.2. The predicted octanol–water partition coefficient (Wildman–Crippen LogP) is 4.82. The maximum Gasteiger partial charge on any atom is 0.242 e. The van der Waals surface area contributed by atoms with Gasteiger partial charge in [-0.15, -0.1) is 0 Å². The van der Waals surface area contributed by atoms with E-state index in [1.807, 2.05) is 0 Å². The Kier molecular flexibility index (Phi) is 9.02. The lowest BCUT2D eigenvalue weighted by Gasteiger charge is -2.27. The average molecular weight is 539 g/mol. The molecule has 2 heterocycles. The highest BCUT2D eigenvalue weighted by Gasteiger charge is 2.39. The lowest BCUT2D eigenvalue weighted by Crippen LogP contribution is -2.39. The quantitative estimate of drug-likeness (QED) is 0.521. The van der Waals surface area contributed by atoms with Crippen LogP contribution in [0.2, 0.25) is 10.0 Å². The number of ether oxygens (including phenoxy) is 1. The van der Waals surface area contributed by atoms with Gasteiger partial charge in [0.15, 0.2) is 5.17 Å². The first-order valence-corrected chi connectivity index (χ1v) is 12.9. The van der Waals surface area contributed by atoms with Crippen molar-refractivity contribution in [2.75, 3.05) is 44.7 Å². The van der Waals surface area contributed by atoms with E-state index in [-0.39, 0.29) is 18.0 Å². The van der Waals surface area contributed by atoms with E-state index in [9.17, 15) is 14.0 Å². The van der Waals surface area contributed by atoms with Crippen molar-refractivity contribution in [1.82, 2.24) is 9.80 Å². The first-order valence-electron chi connectivity index (χ1n) is 11.3. The number of morpholine rings is 1. The summed E-state index contributed by atoms with van der Waals surface area (Å²) in [7, 11) is 0. The summed E-state index contributed by atoms with van der Waals surface area (Å²) in [5.41, 5.74) is 0.643. The van der Waals surface area contributed by atoms with Crippen molar-refractivity contribution in [3.05, 3.63) is 58.3 Å². The summed E-state index contributed by atoms with van der Waals surface area (Å²) in [5.74, 6) is -1.16. The fraction of sp³-hybridized carbons (Fsp3) is 0.375. The Hall–Kier alpha value is -2.17. The third kappa shape index (κ3) is 6.95. The number of carbonyl (C=O) groups is 2. The summed E-state index contributed by atoms with van der Waals surface area (Å²) in [6.45, 7) is 4.45. The molecule has 1 atom stereocenters. The number of hydrogen-bond acceptors (Lipinski definition) is 6. The van der Waals surface area contributed by atoms with Gasteiger partial charge in [0.2, 0.25) is 11.8 Å². The molecule has 2 aromatic carbocycles. The second-order valence-electron chi connectivity index (χ2n) is 8.13. The largest absolute Gasteiger partial charge is 0.379 e. The van der Waals surface area contributed by atoms with Crippen LogP contribution < -0.4 is 5.32 Å². The molecule has 2 aromatic rings. The van der Waals surface area contributed by atoms with Crippen LogP contribution in [0.1, 0.15) is 12.8 Å². The van der Waals surface area contributed by atoms with Gasteiger partial charge >= 0.3 is 0 Å². The third-order valence-corrected chi connectivity index (χ3v) is 7.54. The molecule has 0 aliphatic carbocycles. The summed E-state index contributed by atoms with van der Waals surface area (Å²) in [6.07, 6.45) is 0.652. The van der Waals surface area contributed by atoms with Gasteiger partial charge in [0.05, 0.1) is 34.6 Å². The molecule has 2 aliphatic heterocycles. The van der Waals surface area contributed by atoms with E-state index in [0.717, 1.165) is 26.1 Å². The molecule has 4 rings (SSSR count). The highest BCUT2D eigenvalue weighted by molar-refractivity contribution is 8.15. The van der Waals surface area contributed by atoms with Gasteiger partial charge in [0, 0.05) is 32.6 Å². The maximum absolute atomic E-state index is 13.9. The zero-order chi connectivity index (χ0) is 24.8. The Morgan fingerprint density at radius 1 is 1.14 bits per heavy atom. The molecule has 0 aromatic heterocycles. The number of aliphatic imine (C=N–C) groups is 1. The Morgan fingerprint density at radius 3 is 2.66 bits per heavy atom. The molecule has 7 nitrogen and oxygen atoms in total. The van der Waals surface area contributed by atoms with Crippen LogP contribution in [0.15, 0.2) is 47.5 Å². The summed E-state index contributed by atoms with van der Waals surface area (Å²) in [5, 5.41) is 3.16. The summed E-state index contributed by atoms with van der Waals surface area (Å²) >= 11 is 13.4. The van der Waals surface area contributed by atoms with Gasteiger partial charge < -0.3 is 10.1 Å². The van der Waals surface area contributed by atoms with Crippen LogP contribution in [0.4, 0.5) is 15.8 Å². The number of anilines is 1. The Bertz CT molecular complexity index is 1110. The van der Waals surface area contributed by atoms with E-state index in [1.54, 1.807) is 35.2 Å². The standard InChI is InChI=1S/C24H25Cl2FN4O3S/c25-17-7-6-16(14-18(17)26)28-24-31(9-3-8-30-10-12-34-13-11-30)23(33)21(35-24)15-22(32)29-20-5-2-1-4-19(20)27/h1-2,4-7,14,21H,3,8-13,15H2,(H,29,32)/t21-/m0/s1. The van der Waals surface area contributed by atoms with Crippen molar-refractivity contribution in [3.63, 3.8) is 0 Å². The third-order valence-electron chi connectivity index (χ3n) is 5.63. The molecule has 2 amide bonds. The number of nitrogens with zero attached hydrogens (tertiary/aromatic N) is 3. The van der Waals surface area contributed by atoms with Crippen molar-refractivity contribution in [2.45, 2.75) is 18.1 Å². The summed E-state index contributed by atoms with van der Waals surface area (Å²) < 4.78 is 19.3.